The summed E-state index contributed by atoms with van der Waals surface area (Å²) in [7, 11) is 1.58. The number of halogens is 2. The van der Waals surface area contributed by atoms with E-state index in [1.807, 2.05) is 35.0 Å². The van der Waals surface area contributed by atoms with Crippen LogP contribution in [0.25, 0.3) is 0 Å². The van der Waals surface area contributed by atoms with Crippen LogP contribution < -0.4 is 0 Å². The predicted octanol–water partition coefficient (Wildman–Crippen LogP) is 4.01. The zero-order valence-electron chi connectivity index (χ0n) is 15.5. The van der Waals surface area contributed by atoms with Crippen LogP contribution >= 0.6 is 11.6 Å². The Morgan fingerprint density at radius 3 is 2.75 bits per heavy atom. The molecule has 146 valence electrons. The third-order valence-corrected chi connectivity index (χ3v) is 4.55. The Bertz CT molecular complexity index is 927. The van der Waals surface area contributed by atoms with E-state index < -0.39 is 0 Å². The lowest BCUT2D eigenvalue weighted by molar-refractivity contribution is 0.0673. The molecule has 1 heterocycles. The minimum atomic E-state index is -0.378. The van der Waals surface area contributed by atoms with Gasteiger partial charge in [0, 0.05) is 43.2 Å². The molecule has 1 aromatic heterocycles. The van der Waals surface area contributed by atoms with Crippen molar-refractivity contribution in [2.45, 2.75) is 13.1 Å². The molecule has 0 unspecified atom stereocenters. The van der Waals surface area contributed by atoms with Crippen LogP contribution in [-0.2, 0) is 17.8 Å². The molecule has 0 aliphatic carbocycles. The van der Waals surface area contributed by atoms with E-state index in [0.717, 1.165) is 11.4 Å². The number of hydrogen-bond donors (Lipinski definition) is 0. The zero-order valence-corrected chi connectivity index (χ0v) is 16.3. The number of ether oxygens (including phenoxy) is 1. The summed E-state index contributed by atoms with van der Waals surface area (Å²) in [5, 5.41) is 0.673. The second kappa shape index (κ2) is 9.48. The molecule has 0 radical (unpaired) electrons. The first-order valence-electron chi connectivity index (χ1n) is 8.85. The number of imidazole rings is 1. The number of amides is 1. The maximum atomic E-state index is 13.2. The monoisotopic (exact) mass is 401 g/mol. The first-order valence-corrected chi connectivity index (χ1v) is 9.23. The van der Waals surface area contributed by atoms with Gasteiger partial charge in [0.2, 0.25) is 0 Å². The van der Waals surface area contributed by atoms with E-state index in [9.17, 15) is 9.18 Å². The number of hydrogen-bond acceptors (Lipinski definition) is 3. The van der Waals surface area contributed by atoms with Gasteiger partial charge in [-0.1, -0.05) is 23.7 Å². The summed E-state index contributed by atoms with van der Waals surface area (Å²) in [6.45, 7) is 1.70. The molecule has 0 bridgehead atoms. The van der Waals surface area contributed by atoms with Crippen molar-refractivity contribution in [1.29, 1.82) is 0 Å². The summed E-state index contributed by atoms with van der Waals surface area (Å²) in [6.07, 6.45) is 3.57. The second-order valence-corrected chi connectivity index (χ2v) is 6.76. The molecule has 0 atom stereocenters. The van der Waals surface area contributed by atoms with E-state index in [4.69, 9.17) is 16.3 Å². The summed E-state index contributed by atoms with van der Waals surface area (Å²) in [6, 6.07) is 13.1. The van der Waals surface area contributed by atoms with E-state index in [1.165, 1.54) is 24.3 Å². The third kappa shape index (κ3) is 5.18. The van der Waals surface area contributed by atoms with Crippen LogP contribution in [0.3, 0.4) is 0 Å². The van der Waals surface area contributed by atoms with Gasteiger partial charge in [0.1, 0.15) is 11.6 Å². The average molecular weight is 402 g/mol. The van der Waals surface area contributed by atoms with Crippen LogP contribution in [0.1, 0.15) is 21.7 Å². The molecule has 5 nitrogen and oxygen atoms in total. The van der Waals surface area contributed by atoms with Crippen LogP contribution in [0.2, 0.25) is 5.02 Å². The van der Waals surface area contributed by atoms with Crippen molar-refractivity contribution >= 4 is 17.5 Å². The van der Waals surface area contributed by atoms with Gasteiger partial charge in [-0.05, 0) is 42.0 Å². The number of rotatable bonds is 8. The number of nitrogens with zero attached hydrogens (tertiary/aromatic N) is 3. The molecule has 0 aliphatic rings. The van der Waals surface area contributed by atoms with Gasteiger partial charge in [-0.2, -0.15) is 0 Å². The molecule has 0 saturated heterocycles. The molecule has 3 rings (SSSR count). The SMILES string of the molecule is COCCN(Cc1nccn1Cc1cccc(Cl)c1)C(=O)c1ccc(F)cc1. The standard InChI is InChI=1S/C21H21ClFN3O2/c1-28-12-11-26(21(27)17-5-7-19(23)8-6-17)15-20-24-9-10-25(20)14-16-3-2-4-18(22)13-16/h2-10,13H,11-12,14-15H2,1H3. The Hall–Kier alpha value is -2.70. The predicted molar refractivity (Wildman–Crippen MR) is 106 cm³/mol. The first-order chi connectivity index (χ1) is 13.6. The second-order valence-electron chi connectivity index (χ2n) is 6.33. The fourth-order valence-electron chi connectivity index (χ4n) is 2.87. The van der Waals surface area contributed by atoms with E-state index in [-0.39, 0.29) is 11.7 Å². The minimum Gasteiger partial charge on any atom is -0.383 e. The molecule has 0 fully saturated rings. The van der Waals surface area contributed by atoms with Crippen molar-refractivity contribution < 1.29 is 13.9 Å². The number of aromatic nitrogens is 2. The normalized spacial score (nSPS) is 10.8. The lowest BCUT2D eigenvalue weighted by atomic mass is 10.2. The van der Waals surface area contributed by atoms with E-state index in [2.05, 4.69) is 4.98 Å². The minimum absolute atomic E-state index is 0.200. The highest BCUT2D eigenvalue weighted by Gasteiger charge is 2.18. The molecule has 0 aliphatic heterocycles. The molecule has 3 aromatic rings. The summed E-state index contributed by atoms with van der Waals surface area (Å²) in [5.74, 6) is 0.165. The Labute approximate surface area is 168 Å². The highest BCUT2D eigenvalue weighted by atomic mass is 35.5. The van der Waals surface area contributed by atoms with Crippen molar-refractivity contribution in [2.75, 3.05) is 20.3 Å². The summed E-state index contributed by atoms with van der Waals surface area (Å²) in [4.78, 5) is 19.0. The average Bonchev–Trinajstić information content (AvgIpc) is 3.12. The summed E-state index contributed by atoms with van der Waals surface area (Å²) >= 11 is 6.07. The molecule has 2 aromatic carbocycles. The highest BCUT2D eigenvalue weighted by Crippen LogP contribution is 2.15. The van der Waals surface area contributed by atoms with Crippen LogP contribution in [0.4, 0.5) is 4.39 Å². The fourth-order valence-corrected chi connectivity index (χ4v) is 3.08. The van der Waals surface area contributed by atoms with Crippen LogP contribution in [-0.4, -0.2) is 40.6 Å². The smallest absolute Gasteiger partial charge is 0.254 e. The maximum Gasteiger partial charge on any atom is 0.254 e. The van der Waals surface area contributed by atoms with Crippen LogP contribution in [0.5, 0.6) is 0 Å². The Morgan fingerprint density at radius 2 is 2.04 bits per heavy atom. The van der Waals surface area contributed by atoms with Gasteiger partial charge in [0.25, 0.3) is 5.91 Å². The molecule has 0 spiro atoms. The van der Waals surface area contributed by atoms with Gasteiger partial charge in [0.05, 0.1) is 13.2 Å². The van der Waals surface area contributed by atoms with Crippen molar-refractivity contribution in [3.05, 3.63) is 88.7 Å². The Kier molecular flexibility index (Phi) is 6.79. The van der Waals surface area contributed by atoms with Gasteiger partial charge in [0.15, 0.2) is 0 Å². The quantitative estimate of drug-likeness (QED) is 0.573. The number of methoxy groups -OCH3 is 1. The fraction of sp³-hybridized carbons (Fsp3) is 0.238. The van der Waals surface area contributed by atoms with E-state index in [1.54, 1.807) is 18.2 Å². The lowest BCUT2D eigenvalue weighted by Crippen LogP contribution is -2.34. The third-order valence-electron chi connectivity index (χ3n) is 4.32. The summed E-state index contributed by atoms with van der Waals surface area (Å²) in [5.41, 5.74) is 1.46. The number of carbonyl (C=O) groups is 1. The van der Waals surface area contributed by atoms with Gasteiger partial charge >= 0.3 is 0 Å². The molecule has 1 amide bonds. The Balaban J connectivity index is 1.78. The lowest BCUT2D eigenvalue weighted by Gasteiger charge is -2.23. The Morgan fingerprint density at radius 1 is 1.25 bits per heavy atom. The van der Waals surface area contributed by atoms with E-state index in [0.29, 0.717) is 36.8 Å². The van der Waals surface area contributed by atoms with Crippen molar-refractivity contribution in [1.82, 2.24) is 14.5 Å². The molecular weight excluding hydrogens is 381 g/mol. The first kappa shape index (κ1) is 20.0. The van der Waals surface area contributed by atoms with Gasteiger partial charge in [-0.15, -0.1) is 0 Å². The van der Waals surface area contributed by atoms with Crippen molar-refractivity contribution in [3.63, 3.8) is 0 Å². The molecule has 28 heavy (non-hydrogen) atoms. The highest BCUT2D eigenvalue weighted by molar-refractivity contribution is 6.30. The maximum absolute atomic E-state index is 13.2. The van der Waals surface area contributed by atoms with Gasteiger partial charge < -0.3 is 14.2 Å². The summed E-state index contributed by atoms with van der Waals surface area (Å²) < 4.78 is 20.3. The molecule has 0 saturated carbocycles. The topological polar surface area (TPSA) is 47.4 Å². The van der Waals surface area contributed by atoms with Crippen LogP contribution in [0.15, 0.2) is 60.9 Å². The molecule has 7 heteroatoms. The van der Waals surface area contributed by atoms with Crippen molar-refractivity contribution in [3.8, 4) is 0 Å². The number of carbonyl (C=O) groups excluding carboxylic acids is 1. The number of benzene rings is 2. The van der Waals surface area contributed by atoms with Crippen molar-refractivity contribution in [2.24, 2.45) is 0 Å². The van der Waals surface area contributed by atoms with Gasteiger partial charge in [-0.3, -0.25) is 4.79 Å². The van der Waals surface area contributed by atoms with Gasteiger partial charge in [-0.25, -0.2) is 9.37 Å². The molecular formula is C21H21ClFN3O2. The van der Waals surface area contributed by atoms with E-state index >= 15 is 0 Å². The zero-order chi connectivity index (χ0) is 19.9. The van der Waals surface area contributed by atoms with Crippen LogP contribution in [0, 0.1) is 5.82 Å². The molecule has 0 N–H and O–H groups in total. The largest absolute Gasteiger partial charge is 0.383 e.